The zero-order chi connectivity index (χ0) is 15.9. The second-order valence-corrected chi connectivity index (χ2v) is 4.78. The van der Waals surface area contributed by atoms with Gasteiger partial charge in [-0.3, -0.25) is 10.1 Å². The van der Waals surface area contributed by atoms with Crippen LogP contribution < -0.4 is 10.2 Å². The van der Waals surface area contributed by atoms with Gasteiger partial charge in [-0.05, 0) is 12.1 Å². The number of ether oxygens (including phenoxy) is 1. The first-order chi connectivity index (χ1) is 10.6. The number of nitro benzene ring substituents is 1. The number of benzene rings is 2. The van der Waals surface area contributed by atoms with E-state index in [0.29, 0.717) is 17.1 Å². The molecule has 0 heterocycles. The van der Waals surface area contributed by atoms with Gasteiger partial charge in [0, 0.05) is 28.3 Å². The number of hydrogen-bond acceptors (Lipinski definition) is 5. The minimum absolute atomic E-state index is 0.0319. The average Bonchev–Trinajstić information content (AvgIpc) is 2.53. The summed E-state index contributed by atoms with van der Waals surface area (Å²) in [5.74, 6) is 0.763. The SMILES string of the molecule is COc1ccccc1CN/N=C\c1cc([N+](=O)[O-])ccc1Cl. The summed E-state index contributed by atoms with van der Waals surface area (Å²) in [5, 5.41) is 15.2. The van der Waals surface area contributed by atoms with E-state index in [9.17, 15) is 10.1 Å². The largest absolute Gasteiger partial charge is 0.496 e. The molecule has 114 valence electrons. The number of methoxy groups -OCH3 is 1. The van der Waals surface area contributed by atoms with E-state index in [1.807, 2.05) is 24.3 Å². The molecule has 2 aromatic rings. The molecule has 0 aliphatic heterocycles. The average molecular weight is 320 g/mol. The van der Waals surface area contributed by atoms with E-state index in [2.05, 4.69) is 10.5 Å². The van der Waals surface area contributed by atoms with Crippen molar-refractivity contribution in [1.82, 2.24) is 5.43 Å². The lowest BCUT2D eigenvalue weighted by atomic mass is 10.2. The molecule has 22 heavy (non-hydrogen) atoms. The number of hydrogen-bond donors (Lipinski definition) is 1. The van der Waals surface area contributed by atoms with E-state index >= 15 is 0 Å². The Morgan fingerprint density at radius 1 is 1.36 bits per heavy atom. The van der Waals surface area contributed by atoms with E-state index in [0.717, 1.165) is 11.3 Å². The van der Waals surface area contributed by atoms with Crippen molar-refractivity contribution in [2.24, 2.45) is 5.10 Å². The number of nitro groups is 1. The van der Waals surface area contributed by atoms with Gasteiger partial charge in [0.2, 0.25) is 0 Å². The second-order valence-electron chi connectivity index (χ2n) is 4.37. The van der Waals surface area contributed by atoms with Crippen molar-refractivity contribution >= 4 is 23.5 Å². The smallest absolute Gasteiger partial charge is 0.270 e. The monoisotopic (exact) mass is 319 g/mol. The molecule has 0 fully saturated rings. The molecular formula is C15H14ClN3O3. The van der Waals surface area contributed by atoms with E-state index in [1.54, 1.807) is 7.11 Å². The van der Waals surface area contributed by atoms with Crippen LogP contribution in [-0.4, -0.2) is 18.2 Å². The van der Waals surface area contributed by atoms with Gasteiger partial charge in [-0.15, -0.1) is 0 Å². The number of nitrogens with zero attached hydrogens (tertiary/aromatic N) is 2. The first kappa shape index (κ1) is 15.8. The third-order valence-electron chi connectivity index (χ3n) is 2.95. The predicted octanol–water partition coefficient (Wildman–Crippen LogP) is 3.38. The molecule has 2 rings (SSSR count). The van der Waals surface area contributed by atoms with Crippen LogP contribution in [-0.2, 0) is 6.54 Å². The first-order valence-electron chi connectivity index (χ1n) is 6.43. The second kappa shape index (κ2) is 7.42. The van der Waals surface area contributed by atoms with Crippen LogP contribution >= 0.6 is 11.6 Å². The number of nitrogens with one attached hydrogen (secondary N) is 1. The molecule has 0 saturated heterocycles. The van der Waals surface area contributed by atoms with Crippen LogP contribution in [0.2, 0.25) is 5.02 Å². The molecule has 0 aliphatic carbocycles. The molecule has 2 aromatic carbocycles. The van der Waals surface area contributed by atoms with Gasteiger partial charge in [-0.2, -0.15) is 5.10 Å². The summed E-state index contributed by atoms with van der Waals surface area (Å²) in [6, 6.07) is 11.8. The van der Waals surface area contributed by atoms with Gasteiger partial charge in [0.05, 0.1) is 24.8 Å². The minimum Gasteiger partial charge on any atom is -0.496 e. The molecule has 0 bridgehead atoms. The summed E-state index contributed by atoms with van der Waals surface area (Å²) in [6.07, 6.45) is 1.45. The molecule has 0 unspecified atom stereocenters. The van der Waals surface area contributed by atoms with Crippen LogP contribution in [0.3, 0.4) is 0 Å². The lowest BCUT2D eigenvalue weighted by molar-refractivity contribution is -0.384. The van der Waals surface area contributed by atoms with Crippen molar-refractivity contribution in [3.05, 3.63) is 68.7 Å². The molecule has 1 N–H and O–H groups in total. The lowest BCUT2D eigenvalue weighted by Crippen LogP contribution is -2.07. The van der Waals surface area contributed by atoms with Gasteiger partial charge in [0.25, 0.3) is 5.69 Å². The van der Waals surface area contributed by atoms with Gasteiger partial charge in [-0.25, -0.2) is 0 Å². The molecule has 7 heteroatoms. The lowest BCUT2D eigenvalue weighted by Gasteiger charge is -2.07. The van der Waals surface area contributed by atoms with Crippen LogP contribution in [0.4, 0.5) is 5.69 Å². The van der Waals surface area contributed by atoms with Crippen LogP contribution in [0.15, 0.2) is 47.6 Å². The number of halogens is 1. The highest BCUT2D eigenvalue weighted by Crippen LogP contribution is 2.20. The Hall–Kier alpha value is -2.60. The molecule has 0 radical (unpaired) electrons. The molecule has 0 aromatic heterocycles. The third-order valence-corrected chi connectivity index (χ3v) is 3.29. The van der Waals surface area contributed by atoms with Gasteiger partial charge in [0.15, 0.2) is 0 Å². The number of para-hydroxylation sites is 1. The topological polar surface area (TPSA) is 76.8 Å². The standard InChI is InChI=1S/C15H14ClN3O3/c1-22-15-5-3-2-4-11(15)9-17-18-10-12-8-13(19(20)21)6-7-14(12)16/h2-8,10,17H,9H2,1H3/b18-10-. The maximum Gasteiger partial charge on any atom is 0.270 e. The predicted molar refractivity (Wildman–Crippen MR) is 85.5 cm³/mol. The Balaban J connectivity index is 2.04. The summed E-state index contributed by atoms with van der Waals surface area (Å²) < 4.78 is 5.23. The highest BCUT2D eigenvalue weighted by molar-refractivity contribution is 6.33. The van der Waals surface area contributed by atoms with Crippen molar-refractivity contribution in [1.29, 1.82) is 0 Å². The Kier molecular flexibility index (Phi) is 5.32. The summed E-state index contributed by atoms with van der Waals surface area (Å²) >= 11 is 5.98. The molecule has 0 aliphatic rings. The van der Waals surface area contributed by atoms with Crippen molar-refractivity contribution in [3.8, 4) is 5.75 Å². The number of hydrazone groups is 1. The fourth-order valence-electron chi connectivity index (χ4n) is 1.84. The molecule has 0 atom stereocenters. The Labute approximate surface area is 132 Å². The molecule has 0 spiro atoms. The highest BCUT2D eigenvalue weighted by Gasteiger charge is 2.08. The summed E-state index contributed by atoms with van der Waals surface area (Å²) in [7, 11) is 1.60. The van der Waals surface area contributed by atoms with Crippen LogP contribution in [0.5, 0.6) is 5.75 Å². The first-order valence-corrected chi connectivity index (χ1v) is 6.81. The maximum atomic E-state index is 10.7. The fraction of sp³-hybridized carbons (Fsp3) is 0.133. The van der Waals surface area contributed by atoms with Crippen LogP contribution in [0, 0.1) is 10.1 Å². The van der Waals surface area contributed by atoms with Crippen molar-refractivity contribution in [2.45, 2.75) is 6.54 Å². The molecule has 6 nitrogen and oxygen atoms in total. The van der Waals surface area contributed by atoms with Crippen LogP contribution in [0.25, 0.3) is 0 Å². The van der Waals surface area contributed by atoms with Gasteiger partial charge in [0.1, 0.15) is 5.75 Å². The summed E-state index contributed by atoms with van der Waals surface area (Å²) in [6.45, 7) is 0.465. The van der Waals surface area contributed by atoms with Gasteiger partial charge < -0.3 is 10.2 Å². The summed E-state index contributed by atoms with van der Waals surface area (Å²) in [4.78, 5) is 10.3. The van der Waals surface area contributed by atoms with Crippen molar-refractivity contribution in [3.63, 3.8) is 0 Å². The minimum atomic E-state index is -0.476. The van der Waals surface area contributed by atoms with Gasteiger partial charge in [-0.1, -0.05) is 29.8 Å². The van der Waals surface area contributed by atoms with Crippen molar-refractivity contribution in [2.75, 3.05) is 7.11 Å². The van der Waals surface area contributed by atoms with E-state index in [-0.39, 0.29) is 5.69 Å². The molecule has 0 saturated carbocycles. The normalized spacial score (nSPS) is 10.6. The van der Waals surface area contributed by atoms with Crippen molar-refractivity contribution < 1.29 is 9.66 Å². The van der Waals surface area contributed by atoms with E-state index < -0.39 is 4.92 Å². The summed E-state index contributed by atoms with van der Waals surface area (Å²) in [5.41, 5.74) is 4.26. The van der Waals surface area contributed by atoms with Crippen LogP contribution in [0.1, 0.15) is 11.1 Å². The Morgan fingerprint density at radius 3 is 2.86 bits per heavy atom. The number of non-ortho nitro benzene ring substituents is 1. The fourth-order valence-corrected chi connectivity index (χ4v) is 2.00. The number of rotatable bonds is 6. The molecule has 0 amide bonds. The van der Waals surface area contributed by atoms with E-state index in [4.69, 9.17) is 16.3 Å². The molecular weight excluding hydrogens is 306 g/mol. The Bertz CT molecular complexity index is 704. The maximum absolute atomic E-state index is 10.7. The zero-order valence-corrected chi connectivity index (χ0v) is 12.6. The third kappa shape index (κ3) is 3.95. The quantitative estimate of drug-likeness (QED) is 0.503. The van der Waals surface area contributed by atoms with E-state index in [1.165, 1.54) is 24.4 Å². The highest BCUT2D eigenvalue weighted by atomic mass is 35.5. The van der Waals surface area contributed by atoms with Gasteiger partial charge >= 0.3 is 0 Å². The Morgan fingerprint density at radius 2 is 2.14 bits per heavy atom. The zero-order valence-electron chi connectivity index (χ0n) is 11.8.